The van der Waals surface area contributed by atoms with Crippen LogP contribution in [0.15, 0.2) is 46.6 Å². The van der Waals surface area contributed by atoms with Crippen molar-refractivity contribution in [2.75, 3.05) is 11.9 Å². The maximum absolute atomic E-state index is 12.5. The van der Waals surface area contributed by atoms with E-state index in [0.29, 0.717) is 19.3 Å². The molecule has 3 rings (SSSR count). The van der Waals surface area contributed by atoms with Gasteiger partial charge in [0.25, 0.3) is 5.91 Å². The van der Waals surface area contributed by atoms with Crippen LogP contribution in [0.4, 0.5) is 10.5 Å². The first kappa shape index (κ1) is 20.3. The number of phenolic OH excluding ortho intramolecular Hbond substituents is 1. The number of amides is 4. The Labute approximate surface area is 183 Å². The number of hydrogen-bond acceptors (Lipinski definition) is 4. The average molecular weight is 556 g/mol. The van der Waals surface area contributed by atoms with Crippen molar-refractivity contribution in [3.05, 3.63) is 61.3 Å². The van der Waals surface area contributed by atoms with Crippen LogP contribution in [-0.4, -0.2) is 34.4 Å². The Morgan fingerprint density at radius 2 is 1.96 bits per heavy atom. The van der Waals surface area contributed by atoms with Crippen molar-refractivity contribution in [2.24, 2.45) is 0 Å². The number of rotatable bonds is 4. The van der Waals surface area contributed by atoms with E-state index < -0.39 is 24.4 Å². The summed E-state index contributed by atoms with van der Waals surface area (Å²) >= 11 is 5.28. The zero-order chi connectivity index (χ0) is 20.4. The van der Waals surface area contributed by atoms with Crippen molar-refractivity contribution in [3.63, 3.8) is 0 Å². The summed E-state index contributed by atoms with van der Waals surface area (Å²) < 4.78 is 1.30. The summed E-state index contributed by atoms with van der Waals surface area (Å²) in [5.74, 6) is -1.14. The van der Waals surface area contributed by atoms with E-state index in [4.69, 9.17) is 0 Å². The third-order valence-electron chi connectivity index (χ3n) is 3.96. The number of imide groups is 1. The molecule has 0 aromatic heterocycles. The molecule has 0 saturated carbocycles. The lowest BCUT2D eigenvalue weighted by Crippen LogP contribution is -2.38. The number of aromatic hydroxyl groups is 1. The molecule has 2 aromatic carbocycles. The number of benzene rings is 2. The van der Waals surface area contributed by atoms with Gasteiger partial charge in [0.15, 0.2) is 0 Å². The average Bonchev–Trinajstić information content (AvgIpc) is 2.88. The minimum absolute atomic E-state index is 0.00564. The Morgan fingerprint density at radius 3 is 2.64 bits per heavy atom. The molecule has 1 heterocycles. The molecule has 9 heteroatoms. The van der Waals surface area contributed by atoms with Crippen LogP contribution in [0.1, 0.15) is 11.1 Å². The van der Waals surface area contributed by atoms with Gasteiger partial charge >= 0.3 is 6.03 Å². The Morgan fingerprint density at radius 1 is 1.29 bits per heavy atom. The number of anilines is 1. The summed E-state index contributed by atoms with van der Waals surface area (Å²) in [5.41, 5.74) is 1.98. The van der Waals surface area contributed by atoms with Crippen LogP contribution in [0.5, 0.6) is 5.75 Å². The van der Waals surface area contributed by atoms with Gasteiger partial charge in [-0.2, -0.15) is 0 Å². The number of phenols is 1. The molecule has 0 radical (unpaired) electrons. The lowest BCUT2D eigenvalue weighted by Gasteiger charge is -2.12. The molecule has 1 fully saturated rings. The molecule has 1 saturated heterocycles. The Hall–Kier alpha value is -2.40. The molecule has 3 N–H and O–H groups in total. The molecule has 1 aliphatic heterocycles. The first-order valence-electron chi connectivity index (χ1n) is 8.13. The molecule has 0 spiro atoms. The highest BCUT2D eigenvalue weighted by atomic mass is 127. The maximum Gasteiger partial charge on any atom is 0.329 e. The maximum atomic E-state index is 12.5. The molecule has 0 bridgehead atoms. The third kappa shape index (κ3) is 4.53. The van der Waals surface area contributed by atoms with E-state index in [1.807, 2.05) is 41.6 Å². The molecular formula is C19H15BrIN3O4. The van der Waals surface area contributed by atoms with Crippen LogP contribution < -0.4 is 10.6 Å². The van der Waals surface area contributed by atoms with Gasteiger partial charge in [0.1, 0.15) is 18.0 Å². The summed E-state index contributed by atoms with van der Waals surface area (Å²) in [6.45, 7) is 1.51. The van der Waals surface area contributed by atoms with Crippen LogP contribution in [-0.2, 0) is 9.59 Å². The van der Waals surface area contributed by atoms with E-state index >= 15 is 0 Å². The fraction of sp³-hybridized carbons (Fsp3) is 0.105. The number of urea groups is 1. The van der Waals surface area contributed by atoms with Crippen LogP contribution in [0.2, 0.25) is 0 Å². The fourth-order valence-electron chi connectivity index (χ4n) is 2.55. The number of nitrogens with one attached hydrogen (secondary N) is 2. The summed E-state index contributed by atoms with van der Waals surface area (Å²) in [6, 6.07) is 9.81. The number of nitrogens with zero attached hydrogens (tertiary/aromatic N) is 1. The molecular weight excluding hydrogens is 541 g/mol. The smallest absolute Gasteiger partial charge is 0.329 e. The summed E-state index contributed by atoms with van der Waals surface area (Å²) in [5, 5.41) is 15.2. The first-order chi connectivity index (χ1) is 13.2. The minimum atomic E-state index is -0.695. The van der Waals surface area contributed by atoms with Crippen molar-refractivity contribution in [2.45, 2.75) is 6.92 Å². The lowest BCUT2D eigenvalue weighted by atomic mass is 10.1. The van der Waals surface area contributed by atoms with Gasteiger partial charge in [-0.3, -0.25) is 9.59 Å². The Balaban J connectivity index is 1.74. The Kier molecular flexibility index (Phi) is 6.04. The van der Waals surface area contributed by atoms with Crippen molar-refractivity contribution in [1.82, 2.24) is 10.2 Å². The second-order valence-electron chi connectivity index (χ2n) is 6.12. The lowest BCUT2D eigenvalue weighted by molar-refractivity contribution is -0.127. The molecule has 144 valence electrons. The van der Waals surface area contributed by atoms with E-state index in [1.165, 1.54) is 6.08 Å². The van der Waals surface area contributed by atoms with Gasteiger partial charge in [0.2, 0.25) is 5.91 Å². The van der Waals surface area contributed by atoms with Crippen molar-refractivity contribution >= 4 is 68.1 Å². The van der Waals surface area contributed by atoms with Gasteiger partial charge < -0.3 is 15.7 Å². The van der Waals surface area contributed by atoms with E-state index in [1.54, 1.807) is 24.3 Å². The summed E-state index contributed by atoms with van der Waals surface area (Å²) in [6.07, 6.45) is 1.38. The summed E-state index contributed by atoms with van der Waals surface area (Å²) in [7, 11) is 0. The van der Waals surface area contributed by atoms with Crippen LogP contribution in [0.25, 0.3) is 6.08 Å². The van der Waals surface area contributed by atoms with E-state index in [0.717, 1.165) is 10.5 Å². The Bertz CT molecular complexity index is 1000. The fourth-order valence-corrected chi connectivity index (χ4v) is 4.10. The highest BCUT2D eigenvalue weighted by molar-refractivity contribution is 14.1. The monoisotopic (exact) mass is 555 g/mol. The van der Waals surface area contributed by atoms with Crippen molar-refractivity contribution in [1.29, 1.82) is 0 Å². The normalized spacial score (nSPS) is 15.1. The molecule has 28 heavy (non-hydrogen) atoms. The largest absolute Gasteiger partial charge is 0.506 e. The molecule has 1 aliphatic rings. The van der Waals surface area contributed by atoms with Crippen molar-refractivity contribution in [3.8, 4) is 5.75 Å². The molecule has 4 amide bonds. The van der Waals surface area contributed by atoms with Crippen LogP contribution in [0, 0.1) is 10.5 Å². The predicted octanol–water partition coefficient (Wildman–Crippen LogP) is 3.60. The van der Waals surface area contributed by atoms with Crippen LogP contribution >= 0.6 is 38.5 Å². The van der Waals surface area contributed by atoms with Gasteiger partial charge in [-0.15, -0.1) is 0 Å². The SMILES string of the molecule is Cc1ccc(NC(=O)CN2C(=O)NC(=Cc3cc(Br)cc(I)c3O)C2=O)cc1. The predicted molar refractivity (Wildman–Crippen MR) is 117 cm³/mol. The third-order valence-corrected chi connectivity index (χ3v) is 5.24. The number of aryl methyl sites for hydroxylation is 1. The van der Waals surface area contributed by atoms with Crippen LogP contribution in [0.3, 0.4) is 0 Å². The van der Waals surface area contributed by atoms with Crippen molar-refractivity contribution < 1.29 is 19.5 Å². The highest BCUT2D eigenvalue weighted by Crippen LogP contribution is 2.30. The number of hydrogen-bond donors (Lipinski definition) is 3. The number of carbonyl (C=O) groups is 3. The van der Waals surface area contributed by atoms with E-state index in [9.17, 15) is 19.5 Å². The van der Waals surface area contributed by atoms with Gasteiger partial charge in [0.05, 0.1) is 3.57 Å². The van der Waals surface area contributed by atoms with Gasteiger partial charge in [-0.1, -0.05) is 33.6 Å². The standard InChI is InChI=1S/C19H15BrIN3O4/c1-10-2-4-13(5-3-10)22-16(25)9-24-18(27)15(23-19(24)28)7-11-6-12(20)8-14(21)17(11)26/h2-8,26H,9H2,1H3,(H,22,25)(H,23,28). The molecule has 0 atom stereocenters. The van der Waals surface area contributed by atoms with Gasteiger partial charge in [-0.05, 0) is 59.9 Å². The van der Waals surface area contributed by atoms with E-state index in [2.05, 4.69) is 26.6 Å². The highest BCUT2D eigenvalue weighted by Gasteiger charge is 2.35. The molecule has 0 aliphatic carbocycles. The minimum Gasteiger partial charge on any atom is -0.506 e. The molecule has 2 aromatic rings. The number of halogens is 2. The zero-order valence-electron chi connectivity index (χ0n) is 14.6. The molecule has 7 nitrogen and oxygen atoms in total. The zero-order valence-corrected chi connectivity index (χ0v) is 18.4. The second-order valence-corrected chi connectivity index (χ2v) is 8.20. The second kappa shape index (κ2) is 8.31. The molecule has 0 unspecified atom stereocenters. The van der Waals surface area contributed by atoms with Gasteiger partial charge in [0, 0.05) is 15.7 Å². The van der Waals surface area contributed by atoms with Gasteiger partial charge in [-0.25, -0.2) is 9.69 Å². The summed E-state index contributed by atoms with van der Waals surface area (Å²) in [4.78, 5) is 37.7. The first-order valence-corrected chi connectivity index (χ1v) is 10.0. The van der Waals surface area contributed by atoms with E-state index in [-0.39, 0.29) is 11.4 Å². The number of carbonyl (C=O) groups excluding carboxylic acids is 3. The quantitative estimate of drug-likeness (QED) is 0.305. The topological polar surface area (TPSA) is 98.7 Å².